The number of nitrogens with two attached hydrogens (primary N) is 1. The molecule has 0 aromatic rings. The van der Waals surface area contributed by atoms with E-state index in [0.717, 1.165) is 0 Å². The highest BCUT2D eigenvalue weighted by molar-refractivity contribution is 7.80. The molecule has 0 heterocycles. The average molecular weight is 135 g/mol. The molecular weight excluding hydrogens is 126 g/mol. The van der Waals surface area contributed by atoms with E-state index in [1.165, 1.54) is 6.92 Å². The van der Waals surface area contributed by atoms with Crippen LogP contribution in [0.2, 0.25) is 0 Å². The average Bonchev–Trinajstić information content (AvgIpc) is 1.67. The van der Waals surface area contributed by atoms with Gasteiger partial charge in [-0.05, 0) is 6.92 Å². The van der Waals surface area contributed by atoms with Crippen molar-refractivity contribution in [1.29, 1.82) is 0 Å². The molecule has 48 valence electrons. The summed E-state index contributed by atoms with van der Waals surface area (Å²) in [4.78, 5) is 10.1. The van der Waals surface area contributed by atoms with E-state index in [1.54, 1.807) is 0 Å². The fourth-order valence-electron chi connectivity index (χ4n) is 0.0676. The highest BCUT2D eigenvalue weighted by Crippen LogP contribution is 1.99. The van der Waals surface area contributed by atoms with Crippen LogP contribution in [0.25, 0.3) is 0 Å². The van der Waals surface area contributed by atoms with Crippen LogP contribution in [0, 0.1) is 0 Å². The molecule has 0 amide bonds. The van der Waals surface area contributed by atoms with Crippen molar-refractivity contribution in [3.05, 3.63) is 0 Å². The zero-order valence-electron chi connectivity index (χ0n) is 4.59. The van der Waals surface area contributed by atoms with Crippen LogP contribution < -0.4 is 5.73 Å². The van der Waals surface area contributed by atoms with Gasteiger partial charge in [0.1, 0.15) is 5.54 Å². The van der Waals surface area contributed by atoms with Crippen LogP contribution in [0.15, 0.2) is 0 Å². The van der Waals surface area contributed by atoms with Gasteiger partial charge in [-0.3, -0.25) is 4.79 Å². The van der Waals surface area contributed by atoms with E-state index in [9.17, 15) is 4.79 Å². The topological polar surface area (TPSA) is 63.3 Å². The van der Waals surface area contributed by atoms with Crippen molar-refractivity contribution in [2.45, 2.75) is 12.5 Å². The van der Waals surface area contributed by atoms with Gasteiger partial charge in [0.05, 0.1) is 0 Å². The first-order valence-corrected chi connectivity index (χ1v) is 2.77. The SMILES string of the molecule is CC(N)(CS)C(=O)O. The second kappa shape index (κ2) is 2.37. The monoisotopic (exact) mass is 135 g/mol. The maximum absolute atomic E-state index is 10.1. The number of hydrogen-bond acceptors (Lipinski definition) is 3. The predicted octanol–water partition coefficient (Wildman–Crippen LogP) is -0.282. The van der Waals surface area contributed by atoms with E-state index in [0.29, 0.717) is 0 Å². The molecule has 0 fully saturated rings. The highest BCUT2D eigenvalue weighted by Gasteiger charge is 2.25. The van der Waals surface area contributed by atoms with Crippen LogP contribution in [0.3, 0.4) is 0 Å². The van der Waals surface area contributed by atoms with E-state index < -0.39 is 11.5 Å². The summed E-state index contributed by atoms with van der Waals surface area (Å²) in [5.41, 5.74) is 4.01. The van der Waals surface area contributed by atoms with Crippen molar-refractivity contribution in [1.82, 2.24) is 0 Å². The number of carbonyl (C=O) groups is 1. The van der Waals surface area contributed by atoms with Gasteiger partial charge in [-0.25, -0.2) is 0 Å². The van der Waals surface area contributed by atoms with Crippen molar-refractivity contribution in [2.24, 2.45) is 5.73 Å². The molecule has 0 saturated heterocycles. The van der Waals surface area contributed by atoms with E-state index in [2.05, 4.69) is 12.6 Å². The summed E-state index contributed by atoms with van der Waals surface area (Å²) in [6.07, 6.45) is 0. The van der Waals surface area contributed by atoms with Crippen molar-refractivity contribution in [3.63, 3.8) is 0 Å². The minimum absolute atomic E-state index is 0.155. The first kappa shape index (κ1) is 7.78. The van der Waals surface area contributed by atoms with Gasteiger partial charge in [0.25, 0.3) is 0 Å². The zero-order chi connectivity index (χ0) is 6.78. The van der Waals surface area contributed by atoms with Gasteiger partial charge in [0.2, 0.25) is 0 Å². The van der Waals surface area contributed by atoms with Crippen LogP contribution in [0.4, 0.5) is 0 Å². The van der Waals surface area contributed by atoms with Crippen LogP contribution in [-0.2, 0) is 4.79 Å². The fraction of sp³-hybridized carbons (Fsp3) is 0.750. The standard InChI is InChI=1S/C4H9NO2S/c1-4(5,2-8)3(6)7/h8H,2,5H2,1H3,(H,6,7). The first-order valence-electron chi connectivity index (χ1n) is 2.14. The van der Waals surface area contributed by atoms with Gasteiger partial charge >= 0.3 is 5.97 Å². The van der Waals surface area contributed by atoms with E-state index in [4.69, 9.17) is 10.8 Å². The van der Waals surface area contributed by atoms with Crippen LogP contribution in [0.1, 0.15) is 6.92 Å². The van der Waals surface area contributed by atoms with Crippen molar-refractivity contribution in [2.75, 3.05) is 5.75 Å². The lowest BCUT2D eigenvalue weighted by molar-refractivity contribution is -0.141. The first-order chi connectivity index (χ1) is 3.50. The normalized spacial score (nSPS) is 17.4. The summed E-state index contributed by atoms with van der Waals surface area (Å²) in [5, 5.41) is 8.27. The quantitative estimate of drug-likeness (QED) is 0.456. The number of rotatable bonds is 2. The molecule has 0 radical (unpaired) electrons. The summed E-state index contributed by atoms with van der Waals surface area (Å²) in [6.45, 7) is 1.42. The molecule has 1 unspecified atom stereocenters. The lowest BCUT2D eigenvalue weighted by Gasteiger charge is -2.14. The van der Waals surface area contributed by atoms with Crippen molar-refractivity contribution < 1.29 is 9.90 Å². The Labute approximate surface area is 53.3 Å². The minimum Gasteiger partial charge on any atom is -0.480 e. The Bertz CT molecular complexity index is 102. The summed E-state index contributed by atoms with van der Waals surface area (Å²) in [5.74, 6) is -0.866. The minimum atomic E-state index is -1.18. The molecule has 0 aromatic carbocycles. The largest absolute Gasteiger partial charge is 0.480 e. The Hall–Kier alpha value is -0.220. The van der Waals surface area contributed by atoms with Gasteiger partial charge in [-0.1, -0.05) is 0 Å². The lowest BCUT2D eigenvalue weighted by Crippen LogP contribution is -2.46. The summed E-state index contributed by atoms with van der Waals surface area (Å²) in [6, 6.07) is 0. The molecule has 0 bridgehead atoms. The number of thiol groups is 1. The Morgan fingerprint density at radius 3 is 2.38 bits per heavy atom. The Balaban J connectivity index is 3.91. The molecule has 0 spiro atoms. The van der Waals surface area contributed by atoms with E-state index in [-0.39, 0.29) is 5.75 Å². The van der Waals surface area contributed by atoms with Crippen LogP contribution in [0.5, 0.6) is 0 Å². The Morgan fingerprint density at radius 1 is 2.00 bits per heavy atom. The molecular formula is C4H9NO2S. The Morgan fingerprint density at radius 2 is 2.38 bits per heavy atom. The van der Waals surface area contributed by atoms with Crippen LogP contribution >= 0.6 is 12.6 Å². The molecule has 0 aromatic heterocycles. The molecule has 0 aliphatic carbocycles. The zero-order valence-corrected chi connectivity index (χ0v) is 5.48. The molecule has 0 aliphatic rings. The van der Waals surface area contributed by atoms with E-state index in [1.807, 2.05) is 0 Å². The molecule has 3 nitrogen and oxygen atoms in total. The maximum atomic E-state index is 10.1. The molecule has 0 saturated carbocycles. The molecule has 4 heteroatoms. The number of hydrogen-bond donors (Lipinski definition) is 3. The number of aliphatic carboxylic acids is 1. The fourth-order valence-corrected chi connectivity index (χ4v) is 0.203. The van der Waals surface area contributed by atoms with Crippen molar-refractivity contribution >= 4 is 18.6 Å². The lowest BCUT2D eigenvalue weighted by atomic mass is 10.1. The number of carboxylic acids is 1. The van der Waals surface area contributed by atoms with Gasteiger partial charge < -0.3 is 10.8 Å². The maximum Gasteiger partial charge on any atom is 0.324 e. The van der Waals surface area contributed by atoms with Crippen LogP contribution in [-0.4, -0.2) is 22.4 Å². The van der Waals surface area contributed by atoms with Gasteiger partial charge in [-0.15, -0.1) is 0 Å². The molecule has 8 heavy (non-hydrogen) atoms. The third-order valence-electron chi connectivity index (χ3n) is 0.817. The highest BCUT2D eigenvalue weighted by atomic mass is 32.1. The molecule has 0 rings (SSSR count). The Kier molecular flexibility index (Phi) is 2.30. The summed E-state index contributed by atoms with van der Waals surface area (Å²) >= 11 is 3.73. The van der Waals surface area contributed by atoms with Gasteiger partial charge in [0.15, 0.2) is 0 Å². The second-order valence-electron chi connectivity index (χ2n) is 1.88. The second-order valence-corrected chi connectivity index (χ2v) is 2.20. The smallest absolute Gasteiger partial charge is 0.324 e. The van der Waals surface area contributed by atoms with Crippen molar-refractivity contribution in [3.8, 4) is 0 Å². The van der Waals surface area contributed by atoms with Gasteiger partial charge in [-0.2, -0.15) is 12.6 Å². The summed E-state index contributed by atoms with van der Waals surface area (Å²) < 4.78 is 0. The molecule has 0 aliphatic heterocycles. The number of carboxylic acid groups (broad SMARTS) is 1. The third kappa shape index (κ3) is 1.71. The molecule has 1 atom stereocenters. The van der Waals surface area contributed by atoms with E-state index >= 15 is 0 Å². The predicted molar refractivity (Wildman–Crippen MR) is 34.1 cm³/mol. The summed E-state index contributed by atoms with van der Waals surface area (Å²) in [7, 11) is 0. The van der Waals surface area contributed by atoms with Gasteiger partial charge in [0, 0.05) is 5.75 Å². The molecule has 3 N–H and O–H groups in total. The third-order valence-corrected chi connectivity index (χ3v) is 1.47.